The van der Waals surface area contributed by atoms with Crippen molar-refractivity contribution in [2.24, 2.45) is 28.1 Å². The number of fused-ring (bicyclic) bond motifs is 5. The van der Waals surface area contributed by atoms with Gasteiger partial charge in [0.05, 0.1) is 29.5 Å². The molecule has 1 heterocycles. The van der Waals surface area contributed by atoms with Gasteiger partial charge in [0.25, 0.3) is 0 Å². The van der Waals surface area contributed by atoms with Crippen molar-refractivity contribution in [3.8, 4) is 0 Å². The van der Waals surface area contributed by atoms with E-state index in [0.29, 0.717) is 12.8 Å². The Bertz CT molecular complexity index is 2280. The summed E-state index contributed by atoms with van der Waals surface area (Å²) in [6.45, 7) is 13.2. The molecule has 11 atom stereocenters. The van der Waals surface area contributed by atoms with E-state index in [9.17, 15) is 39.0 Å². The lowest BCUT2D eigenvalue weighted by Crippen LogP contribution is -2.82. The van der Waals surface area contributed by atoms with Crippen molar-refractivity contribution in [2.45, 2.75) is 156 Å². The number of ether oxygens (including phenoxy) is 8. The fourth-order valence-corrected chi connectivity index (χ4v) is 10.9. The van der Waals surface area contributed by atoms with E-state index in [1.54, 1.807) is 26.8 Å². The van der Waals surface area contributed by atoms with Gasteiger partial charge in [0.1, 0.15) is 43.2 Å². The molecule has 3 aliphatic carbocycles. The Morgan fingerprint density at radius 2 is 1.42 bits per heavy atom. The highest BCUT2D eigenvalue weighted by molar-refractivity contribution is 6.68. The molecule has 0 aromatic heterocycles. The predicted octanol–water partition coefficient (Wildman–Crippen LogP) is 8.02. The van der Waals surface area contributed by atoms with Gasteiger partial charge in [0, 0.05) is 31.1 Å². The second-order valence-electron chi connectivity index (χ2n) is 20.4. The van der Waals surface area contributed by atoms with Crippen LogP contribution < -0.4 is 5.32 Å². The molecular weight excluding hydrogens is 1080 g/mol. The summed E-state index contributed by atoms with van der Waals surface area (Å²) in [6.07, 6.45) is -14.2. The van der Waals surface area contributed by atoms with Gasteiger partial charge in [-0.05, 0) is 55.4 Å². The Kier molecular flexibility index (Phi) is 18.3. The molecule has 2 saturated carbocycles. The Morgan fingerprint density at radius 1 is 0.861 bits per heavy atom. The van der Waals surface area contributed by atoms with Crippen LogP contribution in [0.5, 0.6) is 0 Å². The molecule has 3 fully saturated rings. The van der Waals surface area contributed by atoms with Crippen LogP contribution in [0.4, 0.5) is 9.59 Å². The van der Waals surface area contributed by atoms with Crippen LogP contribution in [0.3, 0.4) is 0 Å². The first-order valence-corrected chi connectivity index (χ1v) is 25.4. The predicted molar refractivity (Wildman–Crippen MR) is 262 cm³/mol. The van der Waals surface area contributed by atoms with Crippen LogP contribution in [-0.2, 0) is 57.1 Å². The van der Waals surface area contributed by atoms with Gasteiger partial charge in [-0.1, -0.05) is 136 Å². The minimum Gasteiger partial charge on any atom is -0.456 e. The van der Waals surface area contributed by atoms with Crippen LogP contribution in [0, 0.1) is 28.1 Å². The molecule has 24 heteroatoms. The van der Waals surface area contributed by atoms with E-state index in [4.69, 9.17) is 108 Å². The molecule has 3 N–H and O–H groups in total. The van der Waals surface area contributed by atoms with E-state index in [1.807, 2.05) is 13.8 Å². The fraction of sp³-hybridized carbons (Fsp3) is 0.688. The number of hydrogen-bond acceptors (Lipinski definition) is 17. The van der Waals surface area contributed by atoms with Crippen LogP contribution in [0.15, 0.2) is 41.5 Å². The summed E-state index contributed by atoms with van der Waals surface area (Å²) < 4.78 is 42.5. The minimum atomic E-state index is -2.61. The third kappa shape index (κ3) is 12.2. The topological polar surface area (TPSA) is 246 Å². The SMILES string of the molecule is CCC(CC)C(=O)N[C@H]([C@@H](O)C(=O)O[C@H]1C[C@@]2(O)[C@@H](OC(=O)c3ccccc3)[C@@H]3[C@]4(OC(C)=O)CO[C@@H]4C[C@H](OC(=O)OCC(Cl)(Cl)Cl)[C@@]3(C)C(=O)[C@H](OC(=O)OCC(Cl)(Cl)Cl)C(=C1C)C2(C)C)C(C)(C)C. The molecule has 5 rings (SSSR count). The number of Topliss-reactive ketones (excluding diaryl/α,β-unsaturated/α-hetero) is 1. The molecule has 402 valence electrons. The quantitative estimate of drug-likeness (QED) is 0.0691. The average Bonchev–Trinajstić information content (AvgIpc) is 3.26. The van der Waals surface area contributed by atoms with Crippen LogP contribution in [0.25, 0.3) is 0 Å². The van der Waals surface area contributed by atoms with E-state index < -0.39 is 164 Å². The van der Waals surface area contributed by atoms with Crippen molar-refractivity contribution in [3.63, 3.8) is 0 Å². The molecule has 72 heavy (non-hydrogen) atoms. The Labute approximate surface area is 447 Å². The monoisotopic (exact) mass is 1130 g/mol. The van der Waals surface area contributed by atoms with Gasteiger partial charge in [-0.2, -0.15) is 0 Å². The first-order chi connectivity index (χ1) is 33.1. The van der Waals surface area contributed by atoms with Gasteiger partial charge < -0.3 is 53.4 Å². The van der Waals surface area contributed by atoms with Gasteiger partial charge >= 0.3 is 30.2 Å². The number of amides is 1. The Hall–Kier alpha value is -3.33. The lowest BCUT2D eigenvalue weighted by atomic mass is 9.44. The zero-order valence-corrected chi connectivity index (χ0v) is 45.9. The number of hydrogen-bond donors (Lipinski definition) is 3. The number of aliphatic hydroxyl groups excluding tert-OH is 1. The maximum absolute atomic E-state index is 16.3. The molecule has 1 saturated heterocycles. The zero-order valence-electron chi connectivity index (χ0n) is 41.3. The first kappa shape index (κ1) is 59.5. The summed E-state index contributed by atoms with van der Waals surface area (Å²) in [7, 11) is 0. The molecule has 1 amide bonds. The van der Waals surface area contributed by atoms with E-state index in [-0.39, 0.29) is 16.7 Å². The van der Waals surface area contributed by atoms with E-state index in [2.05, 4.69) is 5.32 Å². The molecule has 1 aromatic rings. The number of benzene rings is 1. The van der Waals surface area contributed by atoms with Crippen molar-refractivity contribution >= 4 is 112 Å². The van der Waals surface area contributed by atoms with Gasteiger partial charge in [-0.15, -0.1) is 0 Å². The Balaban J connectivity index is 1.83. The van der Waals surface area contributed by atoms with Crippen molar-refractivity contribution in [1.82, 2.24) is 5.32 Å². The highest BCUT2D eigenvalue weighted by Crippen LogP contribution is 2.65. The molecular formula is C48H61Cl6NO17. The number of halogens is 6. The number of aliphatic hydroxyl groups is 2. The standard InChI is InChI=1S/C48H61Cl6NO17/c1-11-25(12-2)37(59)55-34(42(5,6)7)31(57)39(61)68-27-19-46(64)36(71-38(60)26-16-14-13-15-17-26)33-44(10,35(58)32(30(23(27)3)43(46,8)9)70-41(63)67-22-48(52,53)54)28(69-40(62)66-21-47(49,50)51)18-29-45(33,20-65-29)72-24(4)56/h13-17,25,27-29,31-34,36,57,64H,11-12,18-22H2,1-10H3,(H,55,59)/t27-,28-,29+,31+,32+,33-,34+,36-,44+,45-,46+/m0/s1. The molecule has 2 bridgehead atoms. The lowest BCUT2D eigenvalue weighted by Gasteiger charge is -2.67. The second-order valence-corrected chi connectivity index (χ2v) is 25.4. The third-order valence-electron chi connectivity index (χ3n) is 14.4. The number of esters is 3. The second kappa shape index (κ2) is 22.1. The molecule has 1 aliphatic heterocycles. The Morgan fingerprint density at radius 3 is 1.90 bits per heavy atom. The lowest BCUT2D eigenvalue weighted by molar-refractivity contribution is -0.346. The van der Waals surface area contributed by atoms with Crippen molar-refractivity contribution in [3.05, 3.63) is 47.0 Å². The smallest absolute Gasteiger partial charge is 0.456 e. The third-order valence-corrected chi connectivity index (χ3v) is 15.1. The van der Waals surface area contributed by atoms with Crippen LogP contribution in [0.1, 0.15) is 105 Å². The minimum absolute atomic E-state index is 0.00349. The maximum atomic E-state index is 16.3. The van der Waals surface area contributed by atoms with Crippen LogP contribution in [-0.4, -0.2) is 133 Å². The summed E-state index contributed by atoms with van der Waals surface area (Å²) in [5.41, 5.74) is -10.2. The summed E-state index contributed by atoms with van der Waals surface area (Å²) >= 11 is 35.4. The van der Waals surface area contributed by atoms with E-state index in [0.717, 1.165) is 6.92 Å². The number of rotatable bonds is 14. The summed E-state index contributed by atoms with van der Waals surface area (Å²) in [5.74, 6) is -7.05. The average molecular weight is 1140 g/mol. The summed E-state index contributed by atoms with van der Waals surface area (Å²) in [6, 6.07) is 6.31. The molecule has 0 spiro atoms. The van der Waals surface area contributed by atoms with Crippen LogP contribution >= 0.6 is 69.6 Å². The van der Waals surface area contributed by atoms with Gasteiger partial charge in [-0.25, -0.2) is 19.2 Å². The van der Waals surface area contributed by atoms with Gasteiger partial charge in [0.15, 0.2) is 23.6 Å². The number of carbonyl (C=O) groups is 7. The number of nitrogens with one attached hydrogen (secondary N) is 1. The molecule has 4 aliphatic rings. The maximum Gasteiger partial charge on any atom is 0.509 e. The van der Waals surface area contributed by atoms with Gasteiger partial charge in [-0.3, -0.25) is 14.4 Å². The summed E-state index contributed by atoms with van der Waals surface area (Å²) in [4.78, 5) is 99.5. The highest BCUT2D eigenvalue weighted by Gasteiger charge is 2.79. The molecule has 1 aromatic carbocycles. The molecule has 0 unspecified atom stereocenters. The summed E-state index contributed by atoms with van der Waals surface area (Å²) in [5, 5.41) is 28.6. The van der Waals surface area contributed by atoms with Crippen molar-refractivity contribution in [2.75, 3.05) is 19.8 Å². The highest BCUT2D eigenvalue weighted by atomic mass is 35.6. The van der Waals surface area contributed by atoms with Crippen molar-refractivity contribution in [1.29, 1.82) is 0 Å². The number of ketones is 1. The molecule has 18 nitrogen and oxygen atoms in total. The fourth-order valence-electron chi connectivity index (χ4n) is 10.6. The van der Waals surface area contributed by atoms with E-state index >= 15 is 4.79 Å². The normalized spacial score (nSPS) is 29.8. The van der Waals surface area contributed by atoms with E-state index in [1.165, 1.54) is 52.0 Å². The van der Waals surface area contributed by atoms with Gasteiger partial charge in [0.2, 0.25) is 13.5 Å². The van der Waals surface area contributed by atoms with Crippen molar-refractivity contribution < 1.29 is 81.7 Å². The molecule has 0 radical (unpaired) electrons. The largest absolute Gasteiger partial charge is 0.509 e. The zero-order chi connectivity index (χ0) is 54.3. The van der Waals surface area contributed by atoms with Crippen LogP contribution in [0.2, 0.25) is 0 Å². The number of carbonyl (C=O) groups excluding carboxylic acids is 7. The first-order valence-electron chi connectivity index (χ1n) is 23.1. The number of alkyl halides is 6.